The Labute approximate surface area is 171 Å². The number of allylic oxidation sites excluding steroid dienone is 1. The van der Waals surface area contributed by atoms with E-state index in [2.05, 4.69) is 85.6 Å². The predicted octanol–water partition coefficient (Wildman–Crippen LogP) is 6.04. The fraction of sp³-hybridized carbons (Fsp3) is 0.462. The van der Waals surface area contributed by atoms with Crippen molar-refractivity contribution in [2.75, 3.05) is 27.2 Å². The minimum Gasteiger partial charge on any atom is -0.368 e. The molecular formula is C26H35NO. The van der Waals surface area contributed by atoms with Crippen LogP contribution in [0.2, 0.25) is 0 Å². The molecule has 1 aliphatic rings. The van der Waals surface area contributed by atoms with E-state index in [1.54, 1.807) is 5.57 Å². The Morgan fingerprint density at radius 2 is 1.46 bits per heavy atom. The highest BCUT2D eigenvalue weighted by atomic mass is 16.5. The Bertz CT molecular complexity index is 690. The van der Waals surface area contributed by atoms with Gasteiger partial charge in [-0.25, -0.2) is 0 Å². The van der Waals surface area contributed by atoms with Gasteiger partial charge < -0.3 is 9.64 Å². The summed E-state index contributed by atoms with van der Waals surface area (Å²) in [5.74, 6) is 0.303. The summed E-state index contributed by atoms with van der Waals surface area (Å²) in [4.78, 5) is 2.44. The molecule has 0 aromatic heterocycles. The van der Waals surface area contributed by atoms with Crippen molar-refractivity contribution in [1.82, 2.24) is 4.90 Å². The molecule has 0 radical (unpaired) electrons. The van der Waals surface area contributed by atoms with Crippen LogP contribution in [-0.2, 0) is 10.3 Å². The molecule has 1 saturated carbocycles. The molecule has 0 spiro atoms. The minimum absolute atomic E-state index is 0.303. The molecule has 0 aliphatic heterocycles. The highest BCUT2D eigenvalue weighted by molar-refractivity contribution is 5.37. The Hall–Kier alpha value is -1.90. The van der Waals surface area contributed by atoms with Gasteiger partial charge in [0.05, 0.1) is 0 Å². The number of hydrogen-bond donors (Lipinski definition) is 0. The summed E-state index contributed by atoms with van der Waals surface area (Å²) >= 11 is 0. The van der Waals surface area contributed by atoms with E-state index < -0.39 is 5.60 Å². The molecule has 0 bridgehead atoms. The van der Waals surface area contributed by atoms with Crippen molar-refractivity contribution >= 4 is 0 Å². The molecule has 0 amide bonds. The van der Waals surface area contributed by atoms with E-state index in [-0.39, 0.29) is 0 Å². The highest BCUT2D eigenvalue weighted by Crippen LogP contribution is 2.40. The van der Waals surface area contributed by atoms with Crippen LogP contribution in [-0.4, -0.2) is 32.1 Å². The summed E-state index contributed by atoms with van der Waals surface area (Å²) < 4.78 is 6.33. The maximum atomic E-state index is 6.33. The molecule has 1 fully saturated rings. The molecule has 28 heavy (non-hydrogen) atoms. The molecule has 1 unspecified atom stereocenters. The molecule has 2 nitrogen and oxygen atoms in total. The van der Waals surface area contributed by atoms with Crippen LogP contribution >= 0.6 is 0 Å². The summed E-state index contributed by atoms with van der Waals surface area (Å²) in [5.41, 5.74) is 3.63. The Kier molecular flexibility index (Phi) is 7.47. The van der Waals surface area contributed by atoms with Gasteiger partial charge in [0.2, 0.25) is 0 Å². The second-order valence-corrected chi connectivity index (χ2v) is 8.22. The molecule has 3 rings (SSSR count). The van der Waals surface area contributed by atoms with Gasteiger partial charge in [-0.2, -0.15) is 0 Å². The first-order chi connectivity index (χ1) is 13.7. The largest absolute Gasteiger partial charge is 0.368 e. The number of nitrogens with zero attached hydrogens (tertiary/aromatic N) is 1. The first-order valence-corrected chi connectivity index (χ1v) is 10.7. The van der Waals surface area contributed by atoms with Crippen molar-refractivity contribution in [3.8, 4) is 0 Å². The molecule has 2 aromatic carbocycles. The molecule has 1 atom stereocenters. The van der Waals surface area contributed by atoms with Crippen molar-refractivity contribution in [2.24, 2.45) is 5.92 Å². The maximum absolute atomic E-state index is 6.33. The lowest BCUT2D eigenvalue weighted by Gasteiger charge is -2.40. The normalized spacial score (nSPS) is 16.2. The third-order valence-electron chi connectivity index (χ3n) is 6.19. The number of rotatable bonds is 8. The molecule has 2 heteroatoms. The maximum Gasteiger partial charge on any atom is 0.121 e. The molecular weight excluding hydrogens is 342 g/mol. The Morgan fingerprint density at radius 3 is 1.96 bits per heavy atom. The lowest BCUT2D eigenvalue weighted by atomic mass is 9.76. The van der Waals surface area contributed by atoms with E-state index in [4.69, 9.17) is 4.74 Å². The van der Waals surface area contributed by atoms with E-state index in [0.29, 0.717) is 5.92 Å². The second kappa shape index (κ2) is 10.0. The standard InChI is InChI=1S/C26H35NO/c1-22(21-27(2)20-19-23-13-7-4-8-14-23)26(28-3,24-15-9-5-10-16-24)25-17-11-6-12-18-25/h5-6,9-12,15-19,22H,4,7-8,13-14,20-21H2,1-3H3. The monoisotopic (exact) mass is 377 g/mol. The van der Waals surface area contributed by atoms with E-state index >= 15 is 0 Å². The summed E-state index contributed by atoms with van der Waals surface area (Å²) in [6.45, 7) is 4.30. The van der Waals surface area contributed by atoms with Crippen molar-refractivity contribution in [3.05, 3.63) is 83.4 Å². The SMILES string of the molecule is COC(c1ccccc1)(c1ccccc1)C(C)CN(C)CC=C1CCCCC1. The van der Waals surface area contributed by atoms with Gasteiger partial charge in [-0.05, 0) is 43.9 Å². The summed E-state index contributed by atoms with van der Waals surface area (Å²) in [6, 6.07) is 21.3. The lowest BCUT2D eigenvalue weighted by molar-refractivity contribution is -0.0315. The molecule has 0 saturated heterocycles. The fourth-order valence-electron chi connectivity index (χ4n) is 4.71. The van der Waals surface area contributed by atoms with Crippen LogP contribution in [0.15, 0.2) is 72.3 Å². The topological polar surface area (TPSA) is 12.5 Å². The fourth-order valence-corrected chi connectivity index (χ4v) is 4.71. The number of likely N-dealkylation sites (N-methyl/N-ethyl adjacent to an activating group) is 1. The van der Waals surface area contributed by atoms with Crippen molar-refractivity contribution in [3.63, 3.8) is 0 Å². The number of benzene rings is 2. The third kappa shape index (κ3) is 4.74. The van der Waals surface area contributed by atoms with E-state index in [9.17, 15) is 0 Å². The zero-order valence-electron chi connectivity index (χ0n) is 17.7. The Morgan fingerprint density at radius 1 is 0.929 bits per heavy atom. The van der Waals surface area contributed by atoms with Crippen molar-refractivity contribution in [1.29, 1.82) is 0 Å². The van der Waals surface area contributed by atoms with Gasteiger partial charge in [0.1, 0.15) is 5.60 Å². The van der Waals surface area contributed by atoms with Crippen LogP contribution in [0, 0.1) is 5.92 Å². The van der Waals surface area contributed by atoms with Gasteiger partial charge in [0.15, 0.2) is 0 Å². The first kappa shape index (κ1) is 20.8. The number of hydrogen-bond acceptors (Lipinski definition) is 2. The van der Waals surface area contributed by atoms with Crippen LogP contribution in [0.3, 0.4) is 0 Å². The average molecular weight is 378 g/mol. The smallest absolute Gasteiger partial charge is 0.121 e. The first-order valence-electron chi connectivity index (χ1n) is 10.7. The zero-order chi connectivity index (χ0) is 19.8. The molecule has 150 valence electrons. The number of ether oxygens (including phenoxy) is 1. The van der Waals surface area contributed by atoms with Crippen LogP contribution in [0.25, 0.3) is 0 Å². The van der Waals surface area contributed by atoms with Crippen LogP contribution in [0.4, 0.5) is 0 Å². The quantitative estimate of drug-likeness (QED) is 0.520. The predicted molar refractivity (Wildman–Crippen MR) is 119 cm³/mol. The van der Waals surface area contributed by atoms with Gasteiger partial charge in [-0.15, -0.1) is 0 Å². The molecule has 2 aromatic rings. The van der Waals surface area contributed by atoms with Gasteiger partial charge in [-0.3, -0.25) is 0 Å². The van der Waals surface area contributed by atoms with Crippen LogP contribution in [0.1, 0.15) is 50.2 Å². The highest BCUT2D eigenvalue weighted by Gasteiger charge is 2.40. The van der Waals surface area contributed by atoms with Gasteiger partial charge in [0, 0.05) is 26.1 Å². The molecule has 1 aliphatic carbocycles. The van der Waals surface area contributed by atoms with E-state index in [1.807, 2.05) is 7.11 Å². The lowest BCUT2D eigenvalue weighted by Crippen LogP contribution is -2.42. The van der Waals surface area contributed by atoms with Crippen LogP contribution < -0.4 is 0 Å². The van der Waals surface area contributed by atoms with Gasteiger partial charge in [-0.1, -0.05) is 85.7 Å². The van der Waals surface area contributed by atoms with E-state index in [1.165, 1.54) is 43.2 Å². The summed E-state index contributed by atoms with van der Waals surface area (Å²) in [6.07, 6.45) is 9.17. The third-order valence-corrected chi connectivity index (χ3v) is 6.19. The second-order valence-electron chi connectivity index (χ2n) is 8.22. The minimum atomic E-state index is -0.450. The average Bonchev–Trinajstić information content (AvgIpc) is 2.75. The van der Waals surface area contributed by atoms with Gasteiger partial charge in [0.25, 0.3) is 0 Å². The Balaban J connectivity index is 1.81. The van der Waals surface area contributed by atoms with Gasteiger partial charge >= 0.3 is 0 Å². The molecule has 0 N–H and O–H groups in total. The number of methoxy groups -OCH3 is 1. The van der Waals surface area contributed by atoms with Crippen LogP contribution in [0.5, 0.6) is 0 Å². The van der Waals surface area contributed by atoms with Crippen molar-refractivity contribution in [2.45, 2.75) is 44.6 Å². The summed E-state index contributed by atoms with van der Waals surface area (Å²) in [5, 5.41) is 0. The van der Waals surface area contributed by atoms with E-state index in [0.717, 1.165) is 13.1 Å². The van der Waals surface area contributed by atoms with Crippen molar-refractivity contribution < 1.29 is 4.74 Å². The zero-order valence-corrected chi connectivity index (χ0v) is 17.7. The summed E-state index contributed by atoms with van der Waals surface area (Å²) in [7, 11) is 4.08. The molecule has 0 heterocycles.